The van der Waals surface area contributed by atoms with Crippen molar-refractivity contribution in [2.75, 3.05) is 34.3 Å². The third-order valence-corrected chi connectivity index (χ3v) is 1.70. The number of hydrogen-bond donors (Lipinski definition) is 0. The van der Waals surface area contributed by atoms with Gasteiger partial charge in [0, 0.05) is 0 Å². The molecule has 0 fully saturated rings. The highest BCUT2D eigenvalue weighted by Crippen LogP contribution is 1.89. The van der Waals surface area contributed by atoms with Crippen LogP contribution < -0.4 is 0 Å². The summed E-state index contributed by atoms with van der Waals surface area (Å²) < 4.78 is 1.07. The van der Waals surface area contributed by atoms with Crippen LogP contribution in [0, 0.1) is 0 Å². The second kappa shape index (κ2) is 25.2. The van der Waals surface area contributed by atoms with Gasteiger partial charge in [-0.2, -0.15) is 0 Å². The smallest absolute Gasteiger partial charge is 0.0822 e. The molecule has 2 nitrogen and oxygen atoms in total. The topological polar surface area (TPSA) is 19.9 Å². The van der Waals surface area contributed by atoms with Crippen LogP contribution in [0.3, 0.4) is 0 Å². The molecule has 109 valence electrons. The van der Waals surface area contributed by atoms with Crippen LogP contribution in [0.5, 0.6) is 0 Å². The van der Waals surface area contributed by atoms with Gasteiger partial charge in [0.2, 0.25) is 0 Å². The number of hydrogen-bond acceptors (Lipinski definition) is 0. The van der Waals surface area contributed by atoms with E-state index < -0.39 is 0 Å². The molecule has 4 heteroatoms. The van der Waals surface area contributed by atoms with Gasteiger partial charge in [0.15, 0.2) is 0 Å². The zero-order chi connectivity index (χ0) is 12.7. The van der Waals surface area contributed by atoms with E-state index in [-0.39, 0.29) is 31.4 Å². The molecule has 0 aromatic heterocycles. The van der Waals surface area contributed by atoms with Crippen molar-refractivity contribution in [3.63, 3.8) is 0 Å². The zero-order valence-electron chi connectivity index (χ0n) is 12.5. The molecule has 0 aliphatic carbocycles. The van der Waals surface area contributed by atoms with Crippen LogP contribution in [0.15, 0.2) is 12.7 Å². The van der Waals surface area contributed by atoms with Crippen LogP contribution in [0.25, 0.3) is 0 Å². The molecular weight excluding hydrogens is 257 g/mol. The fourth-order valence-corrected chi connectivity index (χ4v) is 0.352. The number of halogens is 2. The number of rotatable bonds is 4. The van der Waals surface area contributed by atoms with Crippen LogP contribution in [0.4, 0.5) is 0 Å². The van der Waals surface area contributed by atoms with Crippen molar-refractivity contribution in [1.82, 2.24) is 0 Å². The van der Waals surface area contributed by atoms with Gasteiger partial charge >= 0.3 is 0 Å². The first kappa shape index (κ1) is 30.3. The maximum absolute atomic E-state index is 9.69. The predicted octanol–water partition coefficient (Wildman–Crippen LogP) is 4.36. The Balaban J connectivity index is -0.0000000421. The lowest BCUT2D eigenvalue weighted by atomic mass is 10.3. The highest BCUT2D eigenvalue weighted by Gasteiger charge is 1.97. The summed E-state index contributed by atoms with van der Waals surface area (Å²) in [6.45, 7) is 10.8. The fourth-order valence-electron chi connectivity index (χ4n) is 0.352. The molecule has 0 aliphatic rings. The molecular formula is C13H33Cl2NO+. The molecule has 0 atom stereocenters. The van der Waals surface area contributed by atoms with E-state index in [2.05, 4.69) is 41.6 Å². The van der Waals surface area contributed by atoms with Gasteiger partial charge in [0.25, 0.3) is 0 Å². The largest absolute Gasteiger partial charge is 0.331 e. The van der Waals surface area contributed by atoms with Crippen molar-refractivity contribution in [2.45, 2.75) is 40.0 Å². The minimum absolute atomic E-state index is 0. The number of quaternary nitrogens is 1. The molecule has 0 saturated carbocycles. The normalized spacial score (nSPS) is 8.18. The third kappa shape index (κ3) is 84.6. The average Bonchev–Trinajstić information content (AvgIpc) is 2.16. The van der Waals surface area contributed by atoms with Gasteiger partial charge in [-0.1, -0.05) is 25.8 Å². The molecule has 0 aliphatic heterocycles. The number of allylic oxidation sites excluding steroid dienone is 1. The lowest BCUT2D eigenvalue weighted by Gasteiger charge is -2.20. The van der Waals surface area contributed by atoms with E-state index in [1.54, 1.807) is 6.08 Å². The summed E-state index contributed by atoms with van der Waals surface area (Å²) in [6, 6.07) is 0. The summed E-state index contributed by atoms with van der Waals surface area (Å²) >= 11 is 0. The maximum Gasteiger partial charge on any atom is 0.0822 e. The molecule has 0 aromatic carbocycles. The number of unbranched alkanes of at least 4 members (excludes halogenated alkanes) is 2. The van der Waals surface area contributed by atoms with Crippen molar-refractivity contribution >= 4 is 24.8 Å². The molecule has 0 aromatic rings. The summed E-state index contributed by atoms with van der Waals surface area (Å²) in [7, 11) is 6.54. The molecule has 0 unspecified atom stereocenters. The molecule has 17 heavy (non-hydrogen) atoms. The Morgan fingerprint density at radius 3 is 1.41 bits per heavy atom. The van der Waals surface area contributed by atoms with Crippen molar-refractivity contribution in [1.29, 1.82) is 0 Å². The van der Waals surface area contributed by atoms with Gasteiger partial charge in [-0.15, -0.1) is 31.4 Å². The molecule has 0 bridgehead atoms. The van der Waals surface area contributed by atoms with E-state index in [9.17, 15) is 5.11 Å². The summed E-state index contributed by atoms with van der Waals surface area (Å²) in [6.07, 6.45) is 4.86. The Bertz CT molecular complexity index is 110. The second-order valence-electron chi connectivity index (χ2n) is 4.43. The quantitative estimate of drug-likeness (QED) is 0.416. The van der Waals surface area contributed by atoms with Gasteiger partial charge in [-0.3, -0.25) is 0 Å². The Kier molecular flexibility index (Phi) is 44.9. The summed E-state index contributed by atoms with van der Waals surface area (Å²) in [5.74, 6) is 0. The Hall–Kier alpha value is 0.240. The van der Waals surface area contributed by atoms with Crippen molar-refractivity contribution in [3.8, 4) is 0 Å². The molecule has 0 heterocycles. The first-order valence-electron chi connectivity index (χ1n) is 5.85. The van der Waals surface area contributed by atoms with Crippen LogP contribution in [-0.4, -0.2) is 38.8 Å². The lowest BCUT2D eigenvalue weighted by Crippen LogP contribution is -2.33. The van der Waals surface area contributed by atoms with Gasteiger partial charge in [-0.05, 0) is 20.3 Å². The predicted molar refractivity (Wildman–Crippen MR) is 84.0 cm³/mol. The van der Waals surface area contributed by atoms with E-state index in [0.29, 0.717) is 0 Å². The first-order valence-corrected chi connectivity index (χ1v) is 5.85. The highest BCUT2D eigenvalue weighted by molar-refractivity contribution is 5.85. The van der Waals surface area contributed by atoms with E-state index >= 15 is 0 Å². The average molecular weight is 290 g/mol. The lowest BCUT2D eigenvalue weighted by molar-refractivity contribution is -0.868. The van der Waals surface area contributed by atoms with Crippen LogP contribution >= 0.6 is 24.8 Å². The SMILES string of the molecule is C=CC.CCCCC[O].CC[N+](C)(C)C.Cl.Cl. The molecule has 0 N–H and O–H groups in total. The van der Waals surface area contributed by atoms with Gasteiger partial charge < -0.3 is 4.48 Å². The molecule has 0 amide bonds. The fraction of sp³-hybridized carbons (Fsp3) is 0.846. The zero-order valence-corrected chi connectivity index (χ0v) is 14.1. The van der Waals surface area contributed by atoms with Gasteiger partial charge in [0.1, 0.15) is 0 Å². The van der Waals surface area contributed by atoms with Crippen molar-refractivity contribution in [2.24, 2.45) is 0 Å². The summed E-state index contributed by atoms with van der Waals surface area (Å²) in [4.78, 5) is 0. The monoisotopic (exact) mass is 289 g/mol. The third-order valence-electron chi connectivity index (χ3n) is 1.70. The van der Waals surface area contributed by atoms with Crippen molar-refractivity contribution < 1.29 is 9.59 Å². The van der Waals surface area contributed by atoms with E-state index in [4.69, 9.17) is 0 Å². The minimum atomic E-state index is 0. The molecule has 0 saturated heterocycles. The van der Waals surface area contributed by atoms with Gasteiger partial charge in [0.05, 0.1) is 34.3 Å². The van der Waals surface area contributed by atoms with Crippen LogP contribution in [0.2, 0.25) is 0 Å². The number of nitrogens with zero attached hydrogens (tertiary/aromatic N) is 1. The highest BCUT2D eigenvalue weighted by atomic mass is 35.5. The Morgan fingerprint density at radius 2 is 1.35 bits per heavy atom. The Morgan fingerprint density at radius 1 is 1.06 bits per heavy atom. The Labute approximate surface area is 122 Å². The first-order chi connectivity index (χ1) is 6.89. The van der Waals surface area contributed by atoms with E-state index in [1.807, 2.05) is 6.92 Å². The van der Waals surface area contributed by atoms with Crippen molar-refractivity contribution in [3.05, 3.63) is 12.7 Å². The van der Waals surface area contributed by atoms with Crippen LogP contribution in [-0.2, 0) is 5.11 Å². The summed E-state index contributed by atoms with van der Waals surface area (Å²) in [5, 5.41) is 9.69. The second-order valence-corrected chi connectivity index (χ2v) is 4.43. The van der Waals surface area contributed by atoms with Gasteiger partial charge in [-0.25, -0.2) is 5.11 Å². The molecule has 1 radical (unpaired) electrons. The molecule has 0 spiro atoms. The maximum atomic E-state index is 9.69. The summed E-state index contributed by atoms with van der Waals surface area (Å²) in [5.41, 5.74) is 0. The van der Waals surface area contributed by atoms with E-state index in [0.717, 1.165) is 23.7 Å². The molecule has 0 rings (SSSR count). The minimum Gasteiger partial charge on any atom is -0.331 e. The standard InChI is InChI=1S/C5H14N.C5H11O.C3H6.2ClH/c1-5-6(2,3)4;1-2-3-4-5-6;1-3-2;;/h5H2,1-4H3;2-5H2,1H3;3H,1H2,2H3;2*1H/q+1;;;;. The van der Waals surface area contributed by atoms with Crippen LogP contribution in [0.1, 0.15) is 40.0 Å². The van der Waals surface area contributed by atoms with E-state index in [1.165, 1.54) is 6.54 Å².